The van der Waals surface area contributed by atoms with Gasteiger partial charge in [0.05, 0.1) is 6.61 Å². The summed E-state index contributed by atoms with van der Waals surface area (Å²) in [4.78, 5) is 0. The normalized spacial score (nSPS) is 23.9. The van der Waals surface area contributed by atoms with Gasteiger partial charge in [-0.15, -0.1) is 0 Å². The monoisotopic (exact) mass is 223 g/mol. The summed E-state index contributed by atoms with van der Waals surface area (Å²) in [6, 6.07) is 3.10. The zero-order valence-corrected chi connectivity index (χ0v) is 8.96. The zero-order valence-electron chi connectivity index (χ0n) is 8.96. The van der Waals surface area contributed by atoms with E-state index < -0.39 is 0 Å². The van der Waals surface area contributed by atoms with Crippen LogP contribution in [0.1, 0.15) is 23.5 Å². The lowest BCUT2D eigenvalue weighted by Crippen LogP contribution is -2.16. The van der Waals surface area contributed by atoms with Crippen molar-refractivity contribution in [2.24, 2.45) is 0 Å². The van der Waals surface area contributed by atoms with E-state index in [4.69, 9.17) is 9.47 Å². The maximum Gasteiger partial charge on any atom is 0.189 e. The second kappa shape index (κ2) is 4.03. The third kappa shape index (κ3) is 1.68. The van der Waals surface area contributed by atoms with Crippen molar-refractivity contribution in [3.63, 3.8) is 0 Å². The summed E-state index contributed by atoms with van der Waals surface area (Å²) in [6.07, 6.45) is 1.04. The van der Waals surface area contributed by atoms with E-state index >= 15 is 0 Å². The number of hydrogen-bond acceptors (Lipinski definition) is 3. The molecule has 0 saturated carbocycles. The highest BCUT2D eigenvalue weighted by Gasteiger charge is 2.25. The Hall–Kier alpha value is -1.13. The van der Waals surface area contributed by atoms with E-state index in [0.717, 1.165) is 36.4 Å². The van der Waals surface area contributed by atoms with Crippen molar-refractivity contribution in [2.45, 2.75) is 18.9 Å². The lowest BCUT2D eigenvalue weighted by molar-refractivity contribution is -0.0174. The molecule has 1 N–H and O–H groups in total. The van der Waals surface area contributed by atoms with E-state index in [1.807, 2.05) is 0 Å². The van der Waals surface area contributed by atoms with Gasteiger partial charge in [0.15, 0.2) is 6.79 Å². The smallest absolute Gasteiger partial charge is 0.189 e. The SMILES string of the molecule is Fc1cc2c(c(C3CCNC3)c1)OCOC2. The molecule has 2 aliphatic rings. The standard InChI is InChI=1S/C12H14FNO2/c13-10-3-9-6-15-7-16-12(9)11(4-10)8-1-2-14-5-8/h3-4,8,14H,1-2,5-7H2. The fourth-order valence-corrected chi connectivity index (χ4v) is 2.43. The minimum absolute atomic E-state index is 0.199. The Kier molecular flexibility index (Phi) is 2.53. The van der Waals surface area contributed by atoms with Gasteiger partial charge >= 0.3 is 0 Å². The number of fused-ring (bicyclic) bond motifs is 1. The van der Waals surface area contributed by atoms with Crippen LogP contribution in [0.25, 0.3) is 0 Å². The highest BCUT2D eigenvalue weighted by atomic mass is 19.1. The van der Waals surface area contributed by atoms with Gasteiger partial charge < -0.3 is 14.8 Å². The first-order chi connectivity index (χ1) is 7.84. The number of halogens is 1. The summed E-state index contributed by atoms with van der Waals surface area (Å²) in [7, 11) is 0. The van der Waals surface area contributed by atoms with Gasteiger partial charge in [-0.2, -0.15) is 0 Å². The molecule has 0 radical (unpaired) electrons. The van der Waals surface area contributed by atoms with Crippen molar-refractivity contribution < 1.29 is 13.9 Å². The molecule has 0 aliphatic carbocycles. The number of nitrogens with one attached hydrogen (secondary N) is 1. The summed E-state index contributed by atoms with van der Waals surface area (Å²) in [5.74, 6) is 0.999. The summed E-state index contributed by atoms with van der Waals surface area (Å²) >= 11 is 0. The summed E-state index contributed by atoms with van der Waals surface area (Å²) in [6.45, 7) is 2.61. The van der Waals surface area contributed by atoms with Crippen molar-refractivity contribution in [2.75, 3.05) is 19.9 Å². The Bertz CT molecular complexity index is 402. The molecule has 86 valence electrons. The van der Waals surface area contributed by atoms with E-state index in [9.17, 15) is 4.39 Å². The predicted octanol–water partition coefficient (Wildman–Crippen LogP) is 1.77. The van der Waals surface area contributed by atoms with Crippen molar-refractivity contribution in [3.8, 4) is 5.75 Å². The van der Waals surface area contributed by atoms with Gasteiger partial charge in [0.2, 0.25) is 0 Å². The van der Waals surface area contributed by atoms with E-state index in [-0.39, 0.29) is 12.6 Å². The molecular formula is C12H14FNO2. The van der Waals surface area contributed by atoms with Gasteiger partial charge in [-0.05, 0) is 25.1 Å². The Morgan fingerprint density at radius 2 is 2.31 bits per heavy atom. The molecule has 1 fully saturated rings. The predicted molar refractivity (Wildman–Crippen MR) is 56.9 cm³/mol. The molecule has 1 atom stereocenters. The molecule has 1 aromatic carbocycles. The average molecular weight is 223 g/mol. The second-order valence-corrected chi connectivity index (χ2v) is 4.28. The Morgan fingerprint density at radius 3 is 3.12 bits per heavy atom. The van der Waals surface area contributed by atoms with Gasteiger partial charge in [0.25, 0.3) is 0 Å². The van der Waals surface area contributed by atoms with Gasteiger partial charge in [-0.1, -0.05) is 0 Å². The minimum atomic E-state index is -0.199. The van der Waals surface area contributed by atoms with Crippen LogP contribution in [0.3, 0.4) is 0 Å². The third-order valence-corrected chi connectivity index (χ3v) is 3.20. The van der Waals surface area contributed by atoms with Crippen LogP contribution < -0.4 is 10.1 Å². The molecule has 0 aromatic heterocycles. The van der Waals surface area contributed by atoms with E-state index in [2.05, 4.69) is 5.32 Å². The molecule has 0 amide bonds. The van der Waals surface area contributed by atoms with Gasteiger partial charge in [-0.25, -0.2) is 4.39 Å². The fraction of sp³-hybridized carbons (Fsp3) is 0.500. The van der Waals surface area contributed by atoms with Crippen molar-refractivity contribution in [3.05, 3.63) is 29.1 Å². The van der Waals surface area contributed by atoms with E-state index in [1.165, 1.54) is 6.07 Å². The lowest BCUT2D eigenvalue weighted by Gasteiger charge is -2.23. The highest BCUT2D eigenvalue weighted by molar-refractivity contribution is 5.45. The topological polar surface area (TPSA) is 30.5 Å². The number of ether oxygens (including phenoxy) is 2. The summed E-state index contributed by atoms with van der Waals surface area (Å²) < 4.78 is 24.1. The molecule has 3 rings (SSSR count). The van der Waals surface area contributed by atoms with Crippen LogP contribution in [0.15, 0.2) is 12.1 Å². The molecule has 2 aliphatic heterocycles. The van der Waals surface area contributed by atoms with Crippen LogP contribution in [0.4, 0.5) is 4.39 Å². The van der Waals surface area contributed by atoms with Crippen LogP contribution >= 0.6 is 0 Å². The first-order valence-corrected chi connectivity index (χ1v) is 5.58. The van der Waals surface area contributed by atoms with E-state index in [0.29, 0.717) is 12.5 Å². The van der Waals surface area contributed by atoms with Crippen LogP contribution in [-0.4, -0.2) is 19.9 Å². The molecule has 1 saturated heterocycles. The molecule has 1 unspecified atom stereocenters. The molecule has 0 spiro atoms. The van der Waals surface area contributed by atoms with Gasteiger partial charge in [0.1, 0.15) is 11.6 Å². The molecule has 16 heavy (non-hydrogen) atoms. The van der Waals surface area contributed by atoms with Gasteiger partial charge in [0, 0.05) is 23.6 Å². The molecule has 0 bridgehead atoms. The molecule has 3 nitrogen and oxygen atoms in total. The Morgan fingerprint density at radius 1 is 1.38 bits per heavy atom. The van der Waals surface area contributed by atoms with Crippen LogP contribution in [0, 0.1) is 5.82 Å². The van der Waals surface area contributed by atoms with Crippen LogP contribution in [0.5, 0.6) is 5.75 Å². The van der Waals surface area contributed by atoms with Crippen LogP contribution in [-0.2, 0) is 11.3 Å². The first-order valence-electron chi connectivity index (χ1n) is 5.58. The van der Waals surface area contributed by atoms with Crippen molar-refractivity contribution in [1.29, 1.82) is 0 Å². The Labute approximate surface area is 93.6 Å². The number of hydrogen-bond donors (Lipinski definition) is 1. The number of benzene rings is 1. The summed E-state index contributed by atoms with van der Waals surface area (Å²) in [5, 5.41) is 3.29. The lowest BCUT2D eigenvalue weighted by atomic mass is 9.95. The maximum absolute atomic E-state index is 13.5. The largest absolute Gasteiger partial charge is 0.467 e. The summed E-state index contributed by atoms with van der Waals surface area (Å²) in [5.41, 5.74) is 1.82. The zero-order chi connectivity index (χ0) is 11.0. The highest BCUT2D eigenvalue weighted by Crippen LogP contribution is 2.36. The second-order valence-electron chi connectivity index (χ2n) is 4.28. The van der Waals surface area contributed by atoms with Crippen molar-refractivity contribution in [1.82, 2.24) is 5.32 Å². The number of rotatable bonds is 1. The van der Waals surface area contributed by atoms with Gasteiger partial charge in [-0.3, -0.25) is 0 Å². The first kappa shape index (κ1) is 10.1. The minimum Gasteiger partial charge on any atom is -0.467 e. The quantitative estimate of drug-likeness (QED) is 0.787. The maximum atomic E-state index is 13.5. The molecule has 2 heterocycles. The molecule has 4 heteroatoms. The Balaban J connectivity index is 2.04. The van der Waals surface area contributed by atoms with E-state index in [1.54, 1.807) is 6.07 Å². The van der Waals surface area contributed by atoms with Crippen molar-refractivity contribution >= 4 is 0 Å². The van der Waals surface area contributed by atoms with Crippen LogP contribution in [0.2, 0.25) is 0 Å². The fourth-order valence-electron chi connectivity index (χ4n) is 2.43. The molecular weight excluding hydrogens is 209 g/mol. The average Bonchev–Trinajstić information content (AvgIpc) is 2.81. The third-order valence-electron chi connectivity index (χ3n) is 3.20. The molecule has 1 aromatic rings.